The van der Waals surface area contributed by atoms with Gasteiger partial charge in [-0.2, -0.15) is 4.52 Å². The first kappa shape index (κ1) is 14.8. The van der Waals surface area contributed by atoms with Gasteiger partial charge in [0.25, 0.3) is 0 Å². The molecular weight excluding hydrogens is 322 g/mol. The van der Waals surface area contributed by atoms with Crippen LogP contribution in [0.2, 0.25) is 0 Å². The van der Waals surface area contributed by atoms with Gasteiger partial charge in [-0.1, -0.05) is 23.1 Å². The molecule has 0 spiro atoms. The lowest BCUT2D eigenvalue weighted by molar-refractivity contribution is -0.115. The average Bonchev–Trinajstić information content (AvgIpc) is 3.09. The number of carbonyl (C=O) groups excluding carboxylic acids is 1. The SMILES string of the molecule is COc1ccc(NC(=O)CCSc2nn3cnnc3s2)cc1. The molecule has 114 valence electrons. The van der Waals surface area contributed by atoms with E-state index in [4.69, 9.17) is 4.74 Å². The summed E-state index contributed by atoms with van der Waals surface area (Å²) in [5.74, 6) is 1.39. The Labute approximate surface area is 134 Å². The van der Waals surface area contributed by atoms with Crippen LogP contribution in [0.15, 0.2) is 34.9 Å². The number of hydrogen-bond acceptors (Lipinski definition) is 7. The van der Waals surface area contributed by atoms with Crippen LogP contribution in [0.1, 0.15) is 6.42 Å². The van der Waals surface area contributed by atoms with Gasteiger partial charge in [0, 0.05) is 17.9 Å². The molecule has 9 heteroatoms. The maximum atomic E-state index is 11.9. The molecule has 0 bridgehead atoms. The standard InChI is InChI=1S/C13H13N5O2S2/c1-20-10-4-2-9(3-5-10)15-11(19)6-7-21-13-17-18-8-14-16-12(18)22-13/h2-5,8H,6-7H2,1H3,(H,15,19). The van der Waals surface area contributed by atoms with Crippen molar-refractivity contribution in [3.05, 3.63) is 30.6 Å². The molecule has 2 heterocycles. The van der Waals surface area contributed by atoms with E-state index in [0.717, 1.165) is 20.7 Å². The van der Waals surface area contributed by atoms with Gasteiger partial charge < -0.3 is 10.1 Å². The second-order valence-electron chi connectivity index (χ2n) is 4.30. The summed E-state index contributed by atoms with van der Waals surface area (Å²) in [4.78, 5) is 12.6. The lowest BCUT2D eigenvalue weighted by atomic mass is 10.3. The Morgan fingerprint density at radius 2 is 2.23 bits per heavy atom. The third-order valence-corrected chi connectivity index (χ3v) is 4.84. The number of nitrogens with zero attached hydrogens (tertiary/aromatic N) is 4. The predicted octanol–water partition coefficient (Wildman–Crippen LogP) is 2.32. The van der Waals surface area contributed by atoms with Crippen LogP contribution in [0, 0.1) is 0 Å². The minimum Gasteiger partial charge on any atom is -0.497 e. The van der Waals surface area contributed by atoms with E-state index in [-0.39, 0.29) is 5.91 Å². The molecule has 0 aliphatic rings. The predicted molar refractivity (Wildman–Crippen MR) is 85.6 cm³/mol. The molecule has 1 N–H and O–H groups in total. The van der Waals surface area contributed by atoms with Gasteiger partial charge in [-0.3, -0.25) is 4.79 Å². The van der Waals surface area contributed by atoms with Crippen LogP contribution in [0.5, 0.6) is 5.75 Å². The lowest BCUT2D eigenvalue weighted by Gasteiger charge is -2.05. The molecule has 0 unspecified atom stereocenters. The molecular formula is C13H13N5O2S2. The second kappa shape index (κ2) is 6.75. The van der Waals surface area contributed by atoms with Gasteiger partial charge in [-0.15, -0.1) is 15.3 Å². The van der Waals surface area contributed by atoms with Crippen LogP contribution in [0.4, 0.5) is 5.69 Å². The largest absolute Gasteiger partial charge is 0.497 e. The summed E-state index contributed by atoms with van der Waals surface area (Å²) in [5.41, 5.74) is 0.759. The summed E-state index contributed by atoms with van der Waals surface area (Å²) in [6, 6.07) is 7.24. The maximum absolute atomic E-state index is 11.9. The van der Waals surface area contributed by atoms with E-state index in [1.54, 1.807) is 18.0 Å². The van der Waals surface area contributed by atoms with Crippen molar-refractivity contribution in [3.63, 3.8) is 0 Å². The molecule has 3 aromatic rings. The second-order valence-corrected chi connectivity index (χ2v) is 6.60. The van der Waals surface area contributed by atoms with Crippen LogP contribution in [0.25, 0.3) is 4.96 Å². The van der Waals surface area contributed by atoms with Crippen LogP contribution >= 0.6 is 23.1 Å². The molecule has 7 nitrogen and oxygen atoms in total. The molecule has 0 atom stereocenters. The number of fused-ring (bicyclic) bond motifs is 1. The number of amides is 1. The highest BCUT2D eigenvalue weighted by Crippen LogP contribution is 2.24. The normalized spacial score (nSPS) is 10.8. The number of aromatic nitrogens is 4. The number of ether oxygens (including phenoxy) is 1. The summed E-state index contributed by atoms with van der Waals surface area (Å²) in [6.07, 6.45) is 1.98. The summed E-state index contributed by atoms with van der Waals surface area (Å²) in [7, 11) is 1.61. The molecule has 0 aliphatic carbocycles. The van der Waals surface area contributed by atoms with Gasteiger partial charge in [-0.05, 0) is 24.3 Å². The molecule has 3 rings (SSSR count). The monoisotopic (exact) mass is 335 g/mol. The first-order chi connectivity index (χ1) is 10.7. The molecule has 0 saturated heterocycles. The Bertz CT molecular complexity index is 740. The van der Waals surface area contributed by atoms with Crippen molar-refractivity contribution in [2.24, 2.45) is 0 Å². The lowest BCUT2D eigenvalue weighted by Crippen LogP contribution is -2.12. The highest BCUT2D eigenvalue weighted by molar-refractivity contribution is 8.01. The van der Waals surface area contributed by atoms with Crippen molar-refractivity contribution >= 4 is 39.7 Å². The molecule has 0 saturated carbocycles. The van der Waals surface area contributed by atoms with E-state index in [2.05, 4.69) is 20.6 Å². The van der Waals surface area contributed by atoms with Gasteiger partial charge in [-0.25, -0.2) is 0 Å². The van der Waals surface area contributed by atoms with E-state index in [9.17, 15) is 4.79 Å². The van der Waals surface area contributed by atoms with Gasteiger partial charge in [0.15, 0.2) is 4.34 Å². The van der Waals surface area contributed by atoms with Crippen LogP contribution in [-0.2, 0) is 4.79 Å². The highest BCUT2D eigenvalue weighted by Gasteiger charge is 2.08. The number of nitrogens with one attached hydrogen (secondary N) is 1. The van der Waals surface area contributed by atoms with E-state index in [1.165, 1.54) is 23.1 Å². The summed E-state index contributed by atoms with van der Waals surface area (Å²) in [6.45, 7) is 0. The fraction of sp³-hybridized carbons (Fsp3) is 0.231. The van der Waals surface area contributed by atoms with E-state index in [0.29, 0.717) is 12.2 Å². The summed E-state index contributed by atoms with van der Waals surface area (Å²) < 4.78 is 7.58. The molecule has 1 aromatic carbocycles. The van der Waals surface area contributed by atoms with Crippen molar-refractivity contribution in [1.82, 2.24) is 19.8 Å². The number of benzene rings is 1. The van der Waals surface area contributed by atoms with E-state index in [1.807, 2.05) is 24.3 Å². The number of anilines is 1. The van der Waals surface area contributed by atoms with Crippen molar-refractivity contribution in [1.29, 1.82) is 0 Å². The minimum absolute atomic E-state index is 0.0272. The van der Waals surface area contributed by atoms with Gasteiger partial charge in [0.1, 0.15) is 12.1 Å². The summed E-state index contributed by atoms with van der Waals surface area (Å²) in [5, 5.41) is 14.8. The van der Waals surface area contributed by atoms with Crippen LogP contribution in [0.3, 0.4) is 0 Å². The Kier molecular flexibility index (Phi) is 4.54. The van der Waals surface area contributed by atoms with Crippen molar-refractivity contribution < 1.29 is 9.53 Å². The first-order valence-corrected chi connectivity index (χ1v) is 8.28. The van der Waals surface area contributed by atoms with Crippen molar-refractivity contribution in [2.75, 3.05) is 18.2 Å². The third kappa shape index (κ3) is 3.55. The zero-order valence-corrected chi connectivity index (χ0v) is 13.4. The minimum atomic E-state index is -0.0272. The Balaban J connectivity index is 1.46. The Morgan fingerprint density at radius 3 is 2.95 bits per heavy atom. The fourth-order valence-corrected chi connectivity index (χ4v) is 3.60. The van der Waals surface area contributed by atoms with Gasteiger partial charge in [0.05, 0.1) is 7.11 Å². The maximum Gasteiger partial charge on any atom is 0.235 e. The number of methoxy groups -OCH3 is 1. The average molecular weight is 335 g/mol. The Morgan fingerprint density at radius 1 is 1.41 bits per heavy atom. The molecule has 0 aliphatic heterocycles. The number of hydrogen-bond donors (Lipinski definition) is 1. The number of carbonyl (C=O) groups is 1. The number of rotatable bonds is 6. The molecule has 1 amide bonds. The van der Waals surface area contributed by atoms with Crippen molar-refractivity contribution in [2.45, 2.75) is 10.8 Å². The highest BCUT2D eigenvalue weighted by atomic mass is 32.2. The quantitative estimate of drug-likeness (QED) is 0.696. The zero-order chi connectivity index (χ0) is 15.4. The number of thioether (sulfide) groups is 1. The first-order valence-electron chi connectivity index (χ1n) is 6.48. The molecule has 22 heavy (non-hydrogen) atoms. The van der Waals surface area contributed by atoms with Gasteiger partial charge >= 0.3 is 0 Å². The molecule has 0 radical (unpaired) electrons. The molecule has 2 aromatic heterocycles. The summed E-state index contributed by atoms with van der Waals surface area (Å²) >= 11 is 2.99. The topological polar surface area (TPSA) is 81.4 Å². The third-order valence-electron chi connectivity index (χ3n) is 2.80. The van der Waals surface area contributed by atoms with Crippen molar-refractivity contribution in [3.8, 4) is 5.75 Å². The van der Waals surface area contributed by atoms with Gasteiger partial charge in [0.2, 0.25) is 10.9 Å². The fourth-order valence-electron chi connectivity index (χ4n) is 1.73. The Hall–Kier alpha value is -2.13. The van der Waals surface area contributed by atoms with E-state index < -0.39 is 0 Å². The van der Waals surface area contributed by atoms with Crippen LogP contribution in [-0.4, -0.2) is 38.6 Å². The van der Waals surface area contributed by atoms with E-state index >= 15 is 0 Å². The smallest absolute Gasteiger partial charge is 0.235 e. The van der Waals surface area contributed by atoms with Crippen LogP contribution < -0.4 is 10.1 Å². The zero-order valence-electron chi connectivity index (χ0n) is 11.7. The molecule has 0 fully saturated rings.